The summed E-state index contributed by atoms with van der Waals surface area (Å²) in [6.07, 6.45) is 7.84. The molecule has 7 heteroatoms. The van der Waals surface area contributed by atoms with Gasteiger partial charge in [-0.1, -0.05) is 0 Å². The SMILES string of the molecule is Cc1ccc(-c2cc(C(=O)NC3CCC(n4cccn4)CC3)n[nH]2)s1. The molecule has 0 unspecified atom stereocenters. The molecule has 3 aromatic heterocycles. The van der Waals surface area contributed by atoms with Crippen molar-refractivity contribution in [3.05, 3.63) is 47.2 Å². The van der Waals surface area contributed by atoms with Gasteiger partial charge in [0.05, 0.1) is 16.6 Å². The van der Waals surface area contributed by atoms with Crippen molar-refractivity contribution in [2.45, 2.75) is 44.7 Å². The molecule has 3 aromatic rings. The maximum Gasteiger partial charge on any atom is 0.272 e. The Morgan fingerprint density at radius 1 is 1.32 bits per heavy atom. The van der Waals surface area contributed by atoms with Gasteiger partial charge in [0.15, 0.2) is 5.69 Å². The zero-order valence-electron chi connectivity index (χ0n) is 14.1. The monoisotopic (exact) mass is 355 g/mol. The topological polar surface area (TPSA) is 75.6 Å². The molecule has 3 heterocycles. The second-order valence-corrected chi connectivity index (χ2v) is 7.83. The van der Waals surface area contributed by atoms with Gasteiger partial charge in [0.2, 0.25) is 0 Å². The second-order valence-electron chi connectivity index (χ2n) is 6.54. The highest BCUT2D eigenvalue weighted by Crippen LogP contribution is 2.28. The van der Waals surface area contributed by atoms with Gasteiger partial charge in [0.1, 0.15) is 0 Å². The van der Waals surface area contributed by atoms with Crippen molar-refractivity contribution in [3.63, 3.8) is 0 Å². The van der Waals surface area contributed by atoms with Gasteiger partial charge in [-0.15, -0.1) is 11.3 Å². The molecular formula is C18H21N5OS. The molecular weight excluding hydrogens is 334 g/mol. The van der Waals surface area contributed by atoms with Gasteiger partial charge < -0.3 is 5.32 Å². The maximum absolute atomic E-state index is 12.5. The first-order valence-corrected chi connectivity index (χ1v) is 9.43. The normalized spacial score (nSPS) is 20.5. The summed E-state index contributed by atoms with van der Waals surface area (Å²) in [4.78, 5) is 14.8. The predicted molar refractivity (Wildman–Crippen MR) is 97.6 cm³/mol. The Hall–Kier alpha value is -2.41. The van der Waals surface area contributed by atoms with Crippen molar-refractivity contribution in [1.29, 1.82) is 0 Å². The van der Waals surface area contributed by atoms with Gasteiger partial charge >= 0.3 is 0 Å². The Morgan fingerprint density at radius 2 is 2.16 bits per heavy atom. The molecule has 1 amide bonds. The number of aromatic amines is 1. The van der Waals surface area contributed by atoms with E-state index in [2.05, 4.69) is 33.6 Å². The summed E-state index contributed by atoms with van der Waals surface area (Å²) in [6.45, 7) is 2.07. The first-order valence-electron chi connectivity index (χ1n) is 8.61. The zero-order chi connectivity index (χ0) is 17.2. The molecule has 6 nitrogen and oxygen atoms in total. The number of hydrogen-bond donors (Lipinski definition) is 2. The van der Waals surface area contributed by atoms with E-state index in [-0.39, 0.29) is 11.9 Å². The van der Waals surface area contributed by atoms with Crippen LogP contribution in [0.5, 0.6) is 0 Å². The van der Waals surface area contributed by atoms with Crippen molar-refractivity contribution in [2.75, 3.05) is 0 Å². The number of amides is 1. The van der Waals surface area contributed by atoms with Gasteiger partial charge in [0.25, 0.3) is 5.91 Å². The van der Waals surface area contributed by atoms with Crippen LogP contribution in [-0.4, -0.2) is 31.9 Å². The first kappa shape index (κ1) is 16.1. The van der Waals surface area contributed by atoms with Crippen LogP contribution in [-0.2, 0) is 0 Å². The van der Waals surface area contributed by atoms with E-state index in [0.717, 1.165) is 36.3 Å². The quantitative estimate of drug-likeness (QED) is 0.751. The molecule has 0 aromatic carbocycles. The third kappa shape index (κ3) is 3.51. The number of aromatic nitrogens is 4. The van der Waals surface area contributed by atoms with Crippen molar-refractivity contribution >= 4 is 17.2 Å². The molecule has 4 rings (SSSR count). The fraction of sp³-hybridized carbons (Fsp3) is 0.389. The number of nitrogens with zero attached hydrogens (tertiary/aromatic N) is 3. The van der Waals surface area contributed by atoms with E-state index >= 15 is 0 Å². The summed E-state index contributed by atoms with van der Waals surface area (Å²) in [5.74, 6) is -0.0988. The zero-order valence-corrected chi connectivity index (χ0v) is 14.9. The lowest BCUT2D eigenvalue weighted by Gasteiger charge is -2.29. The lowest BCUT2D eigenvalue weighted by molar-refractivity contribution is 0.0916. The highest BCUT2D eigenvalue weighted by atomic mass is 32.1. The van der Waals surface area contributed by atoms with E-state index in [1.165, 1.54) is 4.88 Å². The minimum atomic E-state index is -0.0988. The molecule has 0 spiro atoms. The number of thiophene rings is 1. The number of H-pyrrole nitrogens is 1. The summed E-state index contributed by atoms with van der Waals surface area (Å²) < 4.78 is 2.03. The van der Waals surface area contributed by atoms with Crippen LogP contribution in [0.2, 0.25) is 0 Å². The molecule has 0 saturated heterocycles. The molecule has 0 bridgehead atoms. The minimum absolute atomic E-state index is 0.0988. The second kappa shape index (κ2) is 6.84. The minimum Gasteiger partial charge on any atom is -0.348 e. The Bertz CT molecular complexity index is 843. The summed E-state index contributed by atoms with van der Waals surface area (Å²) in [6, 6.07) is 8.56. The Balaban J connectivity index is 1.34. The van der Waals surface area contributed by atoms with Crippen LogP contribution in [0.3, 0.4) is 0 Å². The molecule has 130 valence electrons. The summed E-state index contributed by atoms with van der Waals surface area (Å²) in [7, 11) is 0. The van der Waals surface area contributed by atoms with E-state index in [9.17, 15) is 4.79 Å². The third-order valence-electron chi connectivity index (χ3n) is 4.75. The fourth-order valence-electron chi connectivity index (χ4n) is 3.38. The Kier molecular flexibility index (Phi) is 4.40. The van der Waals surface area contributed by atoms with E-state index in [1.807, 2.05) is 35.3 Å². The predicted octanol–water partition coefficient (Wildman–Crippen LogP) is 3.56. The number of aryl methyl sites for hydroxylation is 1. The average molecular weight is 355 g/mol. The lowest BCUT2D eigenvalue weighted by atomic mass is 9.91. The van der Waals surface area contributed by atoms with Crippen LogP contribution in [0.4, 0.5) is 0 Å². The lowest BCUT2D eigenvalue weighted by Crippen LogP contribution is -2.38. The molecule has 1 saturated carbocycles. The largest absolute Gasteiger partial charge is 0.348 e. The maximum atomic E-state index is 12.5. The molecule has 1 aliphatic rings. The molecule has 0 radical (unpaired) electrons. The van der Waals surface area contributed by atoms with Crippen LogP contribution < -0.4 is 5.32 Å². The molecule has 1 aliphatic carbocycles. The van der Waals surface area contributed by atoms with Crippen LogP contribution in [0.15, 0.2) is 36.7 Å². The van der Waals surface area contributed by atoms with Gasteiger partial charge in [0, 0.05) is 23.3 Å². The number of carbonyl (C=O) groups excluding carboxylic acids is 1. The highest BCUT2D eigenvalue weighted by molar-refractivity contribution is 7.15. The van der Waals surface area contributed by atoms with Crippen LogP contribution in [0.1, 0.15) is 47.1 Å². The average Bonchev–Trinajstić information content (AvgIpc) is 3.36. The standard InChI is InChI=1S/C18H21N5OS/c1-12-3-8-17(25-12)15-11-16(22-21-15)18(24)20-13-4-6-14(7-5-13)23-10-2-9-19-23/h2-3,8-11,13-14H,4-7H2,1H3,(H,20,24)(H,21,22). The van der Waals surface area contributed by atoms with Gasteiger partial charge in [-0.05, 0) is 56.9 Å². The van der Waals surface area contributed by atoms with Crippen LogP contribution >= 0.6 is 11.3 Å². The summed E-state index contributed by atoms with van der Waals surface area (Å²) in [5.41, 5.74) is 1.35. The van der Waals surface area contributed by atoms with Gasteiger partial charge in [-0.25, -0.2) is 0 Å². The van der Waals surface area contributed by atoms with E-state index < -0.39 is 0 Å². The number of carbonyl (C=O) groups is 1. The third-order valence-corrected chi connectivity index (χ3v) is 5.78. The van der Waals surface area contributed by atoms with Crippen molar-refractivity contribution in [3.8, 4) is 10.6 Å². The van der Waals surface area contributed by atoms with Gasteiger partial charge in [-0.2, -0.15) is 10.2 Å². The van der Waals surface area contributed by atoms with E-state index in [0.29, 0.717) is 11.7 Å². The number of rotatable bonds is 4. The summed E-state index contributed by atoms with van der Waals surface area (Å²) in [5, 5.41) is 14.6. The molecule has 2 N–H and O–H groups in total. The highest BCUT2D eigenvalue weighted by Gasteiger charge is 2.24. The number of nitrogens with one attached hydrogen (secondary N) is 2. The van der Waals surface area contributed by atoms with Gasteiger partial charge in [-0.3, -0.25) is 14.6 Å². The van der Waals surface area contributed by atoms with E-state index in [1.54, 1.807) is 11.3 Å². The first-order chi connectivity index (χ1) is 12.2. The van der Waals surface area contributed by atoms with Crippen molar-refractivity contribution < 1.29 is 4.79 Å². The fourth-order valence-corrected chi connectivity index (χ4v) is 4.22. The van der Waals surface area contributed by atoms with Crippen molar-refractivity contribution in [1.82, 2.24) is 25.3 Å². The molecule has 25 heavy (non-hydrogen) atoms. The van der Waals surface area contributed by atoms with Crippen LogP contribution in [0, 0.1) is 6.92 Å². The summed E-state index contributed by atoms with van der Waals surface area (Å²) >= 11 is 1.69. The molecule has 1 fully saturated rings. The molecule has 0 aliphatic heterocycles. The number of hydrogen-bond acceptors (Lipinski definition) is 4. The van der Waals surface area contributed by atoms with Crippen LogP contribution in [0.25, 0.3) is 10.6 Å². The van der Waals surface area contributed by atoms with Crippen molar-refractivity contribution in [2.24, 2.45) is 0 Å². The molecule has 0 atom stereocenters. The Morgan fingerprint density at radius 3 is 2.84 bits per heavy atom. The smallest absolute Gasteiger partial charge is 0.272 e. The van der Waals surface area contributed by atoms with E-state index in [4.69, 9.17) is 0 Å². The Labute approximate surface area is 150 Å².